The van der Waals surface area contributed by atoms with Crippen LogP contribution in [0.5, 0.6) is 0 Å². The molecule has 0 radical (unpaired) electrons. The van der Waals surface area contributed by atoms with E-state index in [2.05, 4.69) is 30.4 Å². The molecule has 0 atom stereocenters. The van der Waals surface area contributed by atoms with Crippen LogP contribution in [0, 0.1) is 11.6 Å². The molecule has 152 valence electrons. The summed E-state index contributed by atoms with van der Waals surface area (Å²) in [7, 11) is 1.70. The van der Waals surface area contributed by atoms with Crippen molar-refractivity contribution in [3.63, 3.8) is 0 Å². The van der Waals surface area contributed by atoms with E-state index in [0.717, 1.165) is 12.1 Å². The Morgan fingerprint density at radius 1 is 1.24 bits per heavy atom. The molecule has 1 fully saturated rings. The normalized spacial score (nSPS) is 15.1. The number of aromatic nitrogens is 3. The quantitative estimate of drug-likeness (QED) is 0.515. The fourth-order valence-electron chi connectivity index (χ4n) is 3.27. The molecule has 1 aliphatic heterocycles. The number of aliphatic imine (C=N–C) groups is 1. The molecule has 0 unspecified atom stereocenters. The molecule has 4 rings (SSSR count). The molecule has 3 heterocycles. The number of guanidine groups is 1. The second-order valence-electron chi connectivity index (χ2n) is 6.55. The molecule has 0 spiro atoms. The maximum atomic E-state index is 14.0. The van der Waals surface area contributed by atoms with Crippen LogP contribution >= 0.6 is 0 Å². The number of furan rings is 1. The third-order valence-corrected chi connectivity index (χ3v) is 4.73. The van der Waals surface area contributed by atoms with Gasteiger partial charge >= 0.3 is 0 Å². The summed E-state index contributed by atoms with van der Waals surface area (Å²) in [6, 6.07) is 7.09. The third-order valence-electron chi connectivity index (χ3n) is 4.73. The van der Waals surface area contributed by atoms with E-state index in [0.29, 0.717) is 61.8 Å². The highest BCUT2D eigenvalue weighted by molar-refractivity contribution is 5.80. The molecule has 1 aliphatic rings. The maximum absolute atomic E-state index is 14.0. The Hall–Kier alpha value is -3.43. The van der Waals surface area contributed by atoms with Crippen LogP contribution < -0.4 is 10.2 Å². The van der Waals surface area contributed by atoms with Gasteiger partial charge in [-0.25, -0.2) is 13.8 Å². The summed E-state index contributed by atoms with van der Waals surface area (Å²) < 4.78 is 32.8. The minimum Gasteiger partial charge on any atom is -0.461 e. The number of hydrogen-bond acceptors (Lipinski definition) is 5. The van der Waals surface area contributed by atoms with Gasteiger partial charge < -0.3 is 19.5 Å². The first-order valence-corrected chi connectivity index (χ1v) is 9.25. The molecule has 1 aromatic carbocycles. The molecule has 0 saturated carbocycles. The number of nitrogens with zero attached hydrogens (tertiary/aromatic N) is 5. The van der Waals surface area contributed by atoms with E-state index in [1.807, 2.05) is 4.90 Å². The summed E-state index contributed by atoms with van der Waals surface area (Å²) in [5, 5.41) is 10.3. The van der Waals surface area contributed by atoms with Gasteiger partial charge in [-0.05, 0) is 24.3 Å². The lowest BCUT2D eigenvalue weighted by Crippen LogP contribution is -2.52. The van der Waals surface area contributed by atoms with Crippen molar-refractivity contribution < 1.29 is 13.2 Å². The lowest BCUT2D eigenvalue weighted by atomic mass is 10.2. The summed E-state index contributed by atoms with van der Waals surface area (Å²) >= 11 is 0. The molecule has 0 bridgehead atoms. The topological polar surface area (TPSA) is 85.6 Å². The van der Waals surface area contributed by atoms with Crippen LogP contribution in [-0.2, 0) is 6.54 Å². The second-order valence-corrected chi connectivity index (χ2v) is 6.55. The molecule has 29 heavy (non-hydrogen) atoms. The number of anilines is 1. The van der Waals surface area contributed by atoms with E-state index in [9.17, 15) is 8.78 Å². The van der Waals surface area contributed by atoms with Gasteiger partial charge in [0.1, 0.15) is 17.5 Å². The van der Waals surface area contributed by atoms with E-state index in [-0.39, 0.29) is 0 Å². The molecule has 1 saturated heterocycles. The fraction of sp³-hybridized carbons (Fsp3) is 0.316. The van der Waals surface area contributed by atoms with Crippen LogP contribution in [-0.4, -0.2) is 59.3 Å². The Morgan fingerprint density at radius 2 is 2.07 bits per heavy atom. The lowest BCUT2D eigenvalue weighted by Gasteiger charge is -2.37. The van der Waals surface area contributed by atoms with Gasteiger partial charge in [-0.2, -0.15) is 0 Å². The van der Waals surface area contributed by atoms with Crippen molar-refractivity contribution in [1.82, 2.24) is 25.4 Å². The van der Waals surface area contributed by atoms with E-state index in [1.165, 1.54) is 6.07 Å². The molecule has 3 aromatic rings. The summed E-state index contributed by atoms with van der Waals surface area (Å²) in [5.74, 6) is 1.59. The smallest absolute Gasteiger partial charge is 0.216 e. The van der Waals surface area contributed by atoms with Gasteiger partial charge in [-0.15, -0.1) is 5.10 Å². The van der Waals surface area contributed by atoms with Gasteiger partial charge in [-0.3, -0.25) is 10.1 Å². The molecule has 8 nitrogen and oxygen atoms in total. The molecular formula is C19H21F2N7O. The Labute approximate surface area is 166 Å². The Balaban J connectivity index is 1.33. The van der Waals surface area contributed by atoms with Crippen molar-refractivity contribution in [2.75, 3.05) is 38.1 Å². The maximum Gasteiger partial charge on any atom is 0.216 e. The number of piperazine rings is 1. The molecule has 0 amide bonds. The van der Waals surface area contributed by atoms with Crippen LogP contribution in [0.2, 0.25) is 0 Å². The standard InChI is InChI=1S/C19H21F2N7O/c1-22-19(23-12-17-24-18(26-25-17)16-3-2-10-29-16)28-8-6-27(7-9-28)15-11-13(20)4-5-14(15)21/h2-5,10-11H,6-9,12H2,1H3,(H,22,23)(H,24,25,26). The van der Waals surface area contributed by atoms with Crippen LogP contribution in [0.4, 0.5) is 14.5 Å². The van der Waals surface area contributed by atoms with Crippen molar-refractivity contribution >= 4 is 11.6 Å². The van der Waals surface area contributed by atoms with Crippen molar-refractivity contribution in [1.29, 1.82) is 0 Å². The predicted octanol–water partition coefficient (Wildman–Crippen LogP) is 2.24. The molecule has 2 aromatic heterocycles. The monoisotopic (exact) mass is 401 g/mol. The number of benzene rings is 1. The van der Waals surface area contributed by atoms with Crippen molar-refractivity contribution in [3.05, 3.63) is 54.1 Å². The van der Waals surface area contributed by atoms with Crippen LogP contribution in [0.25, 0.3) is 11.6 Å². The van der Waals surface area contributed by atoms with Gasteiger partial charge in [0.05, 0.1) is 18.5 Å². The number of nitrogens with one attached hydrogen (secondary N) is 2. The van der Waals surface area contributed by atoms with Crippen LogP contribution in [0.15, 0.2) is 46.0 Å². The van der Waals surface area contributed by atoms with Gasteiger partial charge in [0.15, 0.2) is 11.7 Å². The lowest BCUT2D eigenvalue weighted by molar-refractivity contribution is 0.370. The first-order valence-electron chi connectivity index (χ1n) is 9.25. The molecule has 2 N–H and O–H groups in total. The number of aromatic amines is 1. The predicted molar refractivity (Wildman–Crippen MR) is 104 cm³/mol. The van der Waals surface area contributed by atoms with E-state index in [4.69, 9.17) is 4.42 Å². The van der Waals surface area contributed by atoms with Crippen LogP contribution in [0.3, 0.4) is 0 Å². The molecule has 0 aliphatic carbocycles. The number of rotatable bonds is 4. The number of H-pyrrole nitrogens is 1. The Morgan fingerprint density at radius 3 is 2.79 bits per heavy atom. The zero-order valence-electron chi connectivity index (χ0n) is 15.9. The third kappa shape index (κ3) is 4.20. The zero-order valence-corrected chi connectivity index (χ0v) is 15.9. The minimum atomic E-state index is -0.442. The number of hydrogen-bond donors (Lipinski definition) is 2. The summed E-state index contributed by atoms with van der Waals surface area (Å²) in [6.45, 7) is 2.80. The van der Waals surface area contributed by atoms with E-state index >= 15 is 0 Å². The average Bonchev–Trinajstić information content (AvgIpc) is 3.43. The average molecular weight is 401 g/mol. The number of halogens is 2. The van der Waals surface area contributed by atoms with Gasteiger partial charge in [-0.1, -0.05) is 0 Å². The van der Waals surface area contributed by atoms with Crippen molar-refractivity contribution in [2.24, 2.45) is 4.99 Å². The highest BCUT2D eigenvalue weighted by Gasteiger charge is 2.22. The second kappa shape index (κ2) is 8.29. The summed E-state index contributed by atoms with van der Waals surface area (Å²) in [4.78, 5) is 12.6. The molecule has 10 heteroatoms. The fourth-order valence-corrected chi connectivity index (χ4v) is 3.27. The molecular weight excluding hydrogens is 380 g/mol. The SMILES string of the molecule is CN=C(NCc1nc(-c2ccco2)n[nH]1)N1CCN(c2cc(F)ccc2F)CC1. The highest BCUT2D eigenvalue weighted by atomic mass is 19.1. The first kappa shape index (κ1) is 18.9. The van der Waals surface area contributed by atoms with Gasteiger partial charge in [0, 0.05) is 39.3 Å². The summed E-state index contributed by atoms with van der Waals surface area (Å²) in [5.41, 5.74) is 0.291. The van der Waals surface area contributed by atoms with Crippen molar-refractivity contribution in [3.8, 4) is 11.6 Å². The summed E-state index contributed by atoms with van der Waals surface area (Å²) in [6.07, 6.45) is 1.57. The zero-order chi connectivity index (χ0) is 20.2. The largest absolute Gasteiger partial charge is 0.461 e. The Bertz CT molecular complexity index is 978. The van der Waals surface area contributed by atoms with Gasteiger partial charge in [0.2, 0.25) is 5.82 Å². The van der Waals surface area contributed by atoms with Crippen molar-refractivity contribution in [2.45, 2.75) is 6.54 Å². The highest BCUT2D eigenvalue weighted by Crippen LogP contribution is 2.22. The van der Waals surface area contributed by atoms with Gasteiger partial charge in [0.25, 0.3) is 0 Å². The first-order chi connectivity index (χ1) is 14.1. The minimum absolute atomic E-state index is 0.291. The van der Waals surface area contributed by atoms with E-state index < -0.39 is 11.6 Å². The van der Waals surface area contributed by atoms with E-state index in [1.54, 1.807) is 25.4 Å². The van der Waals surface area contributed by atoms with Crippen LogP contribution in [0.1, 0.15) is 5.82 Å². The Kier molecular flexibility index (Phi) is 5.41.